The average Bonchev–Trinajstić information content (AvgIpc) is 2.84. The zero-order valence-corrected chi connectivity index (χ0v) is 11.9. The minimum absolute atomic E-state index is 0.341. The van der Waals surface area contributed by atoms with Gasteiger partial charge in [-0.2, -0.15) is 0 Å². The maximum atomic E-state index is 9.96. The molecule has 1 N–H and O–H groups in total. The first-order chi connectivity index (χ1) is 9.26. The molecule has 0 saturated carbocycles. The average molecular weight is 263 g/mol. The van der Waals surface area contributed by atoms with E-state index in [0.717, 1.165) is 37.4 Å². The molecule has 0 aliphatic carbocycles. The largest absolute Gasteiger partial charge is 0.373 e. The van der Waals surface area contributed by atoms with Crippen molar-refractivity contribution in [3.8, 4) is 0 Å². The number of aliphatic hydroxyl groups is 1. The number of likely N-dealkylation sites (tertiary alicyclic amines) is 1. The third-order valence-electron chi connectivity index (χ3n) is 4.69. The van der Waals surface area contributed by atoms with Crippen LogP contribution < -0.4 is 0 Å². The van der Waals surface area contributed by atoms with E-state index >= 15 is 0 Å². The second kappa shape index (κ2) is 5.63. The Morgan fingerprint density at radius 2 is 2.11 bits per heavy atom. The van der Waals surface area contributed by atoms with E-state index < -0.39 is 0 Å². The molecule has 4 heteroatoms. The van der Waals surface area contributed by atoms with Gasteiger partial charge in [0.05, 0.1) is 5.69 Å². The SMILES string of the molecule is CCN1CCC(Cc2cn3c(n2)CCCC3O)CC1. The van der Waals surface area contributed by atoms with Crippen LogP contribution >= 0.6 is 0 Å². The molecule has 0 amide bonds. The zero-order valence-electron chi connectivity index (χ0n) is 11.9. The van der Waals surface area contributed by atoms with Gasteiger partial charge in [0.25, 0.3) is 0 Å². The van der Waals surface area contributed by atoms with Gasteiger partial charge >= 0.3 is 0 Å². The summed E-state index contributed by atoms with van der Waals surface area (Å²) in [5.74, 6) is 1.86. The Bertz CT molecular complexity index is 421. The van der Waals surface area contributed by atoms with Crippen molar-refractivity contribution in [2.45, 2.75) is 51.7 Å². The quantitative estimate of drug-likeness (QED) is 0.906. The molecule has 0 aromatic carbocycles. The van der Waals surface area contributed by atoms with Crippen molar-refractivity contribution < 1.29 is 5.11 Å². The van der Waals surface area contributed by atoms with Gasteiger partial charge < -0.3 is 14.6 Å². The van der Waals surface area contributed by atoms with Crippen LogP contribution in [-0.4, -0.2) is 39.2 Å². The molecule has 3 rings (SSSR count). The van der Waals surface area contributed by atoms with Gasteiger partial charge in [-0.15, -0.1) is 0 Å². The van der Waals surface area contributed by atoms with Gasteiger partial charge in [-0.25, -0.2) is 4.98 Å². The molecule has 0 spiro atoms. The van der Waals surface area contributed by atoms with Crippen LogP contribution in [0.2, 0.25) is 0 Å². The number of aryl methyl sites for hydroxylation is 1. The molecule has 1 fully saturated rings. The number of aliphatic hydroxyl groups excluding tert-OH is 1. The predicted octanol–water partition coefficient (Wildman–Crippen LogP) is 1.98. The highest BCUT2D eigenvalue weighted by Crippen LogP contribution is 2.25. The third-order valence-corrected chi connectivity index (χ3v) is 4.69. The second-order valence-electron chi connectivity index (χ2n) is 6.01. The monoisotopic (exact) mass is 263 g/mol. The van der Waals surface area contributed by atoms with E-state index in [0.29, 0.717) is 0 Å². The summed E-state index contributed by atoms with van der Waals surface area (Å²) in [5, 5.41) is 9.96. The molecule has 19 heavy (non-hydrogen) atoms. The summed E-state index contributed by atoms with van der Waals surface area (Å²) in [4.78, 5) is 7.25. The summed E-state index contributed by atoms with van der Waals surface area (Å²) in [6.07, 6.45) is 8.37. The van der Waals surface area contributed by atoms with Crippen molar-refractivity contribution in [1.29, 1.82) is 0 Å². The molecule has 1 aromatic rings. The maximum absolute atomic E-state index is 9.96. The lowest BCUT2D eigenvalue weighted by molar-refractivity contribution is 0.0780. The van der Waals surface area contributed by atoms with Crippen LogP contribution in [0.15, 0.2) is 6.20 Å². The molecule has 0 bridgehead atoms. The number of hydrogen-bond donors (Lipinski definition) is 1. The molecule has 3 heterocycles. The van der Waals surface area contributed by atoms with E-state index in [2.05, 4.69) is 18.0 Å². The minimum Gasteiger partial charge on any atom is -0.373 e. The van der Waals surface area contributed by atoms with Crippen LogP contribution in [0.3, 0.4) is 0 Å². The third kappa shape index (κ3) is 2.84. The van der Waals surface area contributed by atoms with Crippen molar-refractivity contribution >= 4 is 0 Å². The van der Waals surface area contributed by atoms with E-state index in [-0.39, 0.29) is 6.23 Å². The summed E-state index contributed by atoms with van der Waals surface area (Å²) in [5.41, 5.74) is 1.19. The van der Waals surface area contributed by atoms with Gasteiger partial charge in [0.2, 0.25) is 0 Å². The van der Waals surface area contributed by atoms with Crippen molar-refractivity contribution in [2.75, 3.05) is 19.6 Å². The van der Waals surface area contributed by atoms with Gasteiger partial charge in [-0.05, 0) is 57.7 Å². The molecule has 0 radical (unpaired) electrons. The van der Waals surface area contributed by atoms with Gasteiger partial charge in [0, 0.05) is 12.6 Å². The molecule has 4 nitrogen and oxygen atoms in total. The lowest BCUT2D eigenvalue weighted by Crippen LogP contribution is -2.34. The number of nitrogens with zero attached hydrogens (tertiary/aromatic N) is 3. The Morgan fingerprint density at radius 1 is 1.32 bits per heavy atom. The van der Waals surface area contributed by atoms with Crippen molar-refractivity contribution in [1.82, 2.24) is 14.5 Å². The summed E-state index contributed by atoms with van der Waals surface area (Å²) in [6.45, 7) is 5.89. The van der Waals surface area contributed by atoms with Crippen LogP contribution in [0, 0.1) is 5.92 Å². The smallest absolute Gasteiger partial charge is 0.131 e. The molecular weight excluding hydrogens is 238 g/mol. The van der Waals surface area contributed by atoms with E-state index in [1.54, 1.807) is 0 Å². The summed E-state index contributed by atoms with van der Waals surface area (Å²) >= 11 is 0. The Balaban J connectivity index is 1.61. The van der Waals surface area contributed by atoms with E-state index in [9.17, 15) is 5.11 Å². The molecule has 1 saturated heterocycles. The fourth-order valence-corrected chi connectivity index (χ4v) is 3.41. The van der Waals surface area contributed by atoms with Gasteiger partial charge in [0.15, 0.2) is 0 Å². The molecule has 1 unspecified atom stereocenters. The van der Waals surface area contributed by atoms with Crippen molar-refractivity contribution in [3.63, 3.8) is 0 Å². The van der Waals surface area contributed by atoms with Gasteiger partial charge in [0.1, 0.15) is 12.1 Å². The van der Waals surface area contributed by atoms with Crippen LogP contribution in [0.1, 0.15) is 50.4 Å². The van der Waals surface area contributed by atoms with Crippen LogP contribution in [-0.2, 0) is 12.8 Å². The van der Waals surface area contributed by atoms with E-state index in [4.69, 9.17) is 4.98 Å². The van der Waals surface area contributed by atoms with Gasteiger partial charge in [-0.1, -0.05) is 6.92 Å². The van der Waals surface area contributed by atoms with E-state index in [1.165, 1.54) is 38.2 Å². The topological polar surface area (TPSA) is 41.3 Å². The molecule has 2 aliphatic rings. The van der Waals surface area contributed by atoms with Crippen LogP contribution in [0.4, 0.5) is 0 Å². The predicted molar refractivity (Wildman–Crippen MR) is 75.0 cm³/mol. The molecule has 106 valence electrons. The van der Waals surface area contributed by atoms with Gasteiger partial charge in [-0.3, -0.25) is 0 Å². The fraction of sp³-hybridized carbons (Fsp3) is 0.800. The standard InChI is InChI=1S/C15H25N3O/c1-2-17-8-6-12(7-9-17)10-13-11-18-14(16-13)4-3-5-15(18)19/h11-12,15,19H,2-10H2,1H3. The molecular formula is C15H25N3O. The first kappa shape index (κ1) is 13.1. The number of piperidine rings is 1. The molecule has 1 atom stereocenters. The lowest BCUT2D eigenvalue weighted by atomic mass is 9.92. The Kier molecular flexibility index (Phi) is 3.89. The Morgan fingerprint density at radius 3 is 2.79 bits per heavy atom. The number of fused-ring (bicyclic) bond motifs is 1. The number of rotatable bonds is 3. The molecule has 1 aromatic heterocycles. The fourth-order valence-electron chi connectivity index (χ4n) is 3.41. The molecule has 2 aliphatic heterocycles. The second-order valence-corrected chi connectivity index (χ2v) is 6.01. The normalized spacial score (nSPS) is 25.5. The van der Waals surface area contributed by atoms with Crippen LogP contribution in [0.5, 0.6) is 0 Å². The highest BCUT2D eigenvalue weighted by atomic mass is 16.3. The first-order valence-corrected chi connectivity index (χ1v) is 7.73. The summed E-state index contributed by atoms with van der Waals surface area (Å²) in [7, 11) is 0. The highest BCUT2D eigenvalue weighted by Gasteiger charge is 2.22. The van der Waals surface area contributed by atoms with E-state index in [1.807, 2.05) is 4.57 Å². The number of imidazole rings is 1. The Labute approximate surface area is 115 Å². The van der Waals surface area contributed by atoms with Crippen molar-refractivity contribution in [2.24, 2.45) is 5.92 Å². The summed E-state index contributed by atoms with van der Waals surface area (Å²) < 4.78 is 1.99. The Hall–Kier alpha value is -0.870. The van der Waals surface area contributed by atoms with Crippen molar-refractivity contribution in [3.05, 3.63) is 17.7 Å². The maximum Gasteiger partial charge on any atom is 0.131 e. The summed E-state index contributed by atoms with van der Waals surface area (Å²) in [6, 6.07) is 0. The number of hydrogen-bond acceptors (Lipinski definition) is 3. The number of aromatic nitrogens is 2. The van der Waals surface area contributed by atoms with Crippen LogP contribution in [0.25, 0.3) is 0 Å². The highest BCUT2D eigenvalue weighted by molar-refractivity contribution is 5.08. The minimum atomic E-state index is -0.341. The zero-order chi connectivity index (χ0) is 13.2. The lowest BCUT2D eigenvalue weighted by Gasteiger charge is -2.30. The first-order valence-electron chi connectivity index (χ1n) is 7.73.